The largest absolute Gasteiger partial charge is 0.271 e. The number of aryl methyl sites for hydroxylation is 1. The van der Waals surface area contributed by atoms with Crippen LogP contribution in [0.2, 0.25) is 5.02 Å². The van der Waals surface area contributed by atoms with Gasteiger partial charge in [0.2, 0.25) is 0 Å². The molecule has 0 N–H and O–H groups in total. The number of alkyl halides is 1. The van der Waals surface area contributed by atoms with Gasteiger partial charge in [-0.3, -0.25) is 4.68 Å². The molecule has 0 saturated heterocycles. The van der Waals surface area contributed by atoms with Gasteiger partial charge in [-0.2, -0.15) is 5.10 Å². The average molecular weight is 266 g/mol. The molecule has 4 heteroatoms. The number of nitrogens with zero attached hydrogens (tertiary/aromatic N) is 2. The molecule has 13 heavy (non-hydrogen) atoms. The summed E-state index contributed by atoms with van der Waals surface area (Å²) in [4.78, 5) is 0. The number of hydrogen-bond acceptors (Lipinski definition) is 1. The van der Waals surface area contributed by atoms with E-state index in [0.717, 1.165) is 29.0 Å². The van der Waals surface area contributed by atoms with Crippen LogP contribution >= 0.6 is 27.5 Å². The Morgan fingerprint density at radius 2 is 2.38 bits per heavy atom. The van der Waals surface area contributed by atoms with Crippen LogP contribution in [-0.2, 0) is 6.54 Å². The highest BCUT2D eigenvalue weighted by molar-refractivity contribution is 9.09. The second kappa shape index (κ2) is 5.01. The molecule has 0 spiro atoms. The van der Waals surface area contributed by atoms with Crippen LogP contribution in [0.5, 0.6) is 0 Å². The molecule has 74 valence electrons. The zero-order valence-electron chi connectivity index (χ0n) is 7.93. The molecule has 1 heterocycles. The zero-order valence-corrected chi connectivity index (χ0v) is 10.3. The van der Waals surface area contributed by atoms with Crippen LogP contribution in [0, 0.1) is 12.8 Å². The fraction of sp³-hybridized carbons (Fsp3) is 0.667. The molecule has 1 rings (SSSR count). The van der Waals surface area contributed by atoms with E-state index in [4.69, 9.17) is 11.6 Å². The second-order valence-electron chi connectivity index (χ2n) is 3.21. The Hall–Kier alpha value is -0.0200. The van der Waals surface area contributed by atoms with Gasteiger partial charge in [0.25, 0.3) is 0 Å². The van der Waals surface area contributed by atoms with Crippen molar-refractivity contribution in [2.24, 2.45) is 5.92 Å². The second-order valence-corrected chi connectivity index (χ2v) is 4.27. The van der Waals surface area contributed by atoms with Crippen LogP contribution in [0.4, 0.5) is 0 Å². The van der Waals surface area contributed by atoms with Crippen molar-refractivity contribution in [3.63, 3.8) is 0 Å². The Kier molecular flexibility index (Phi) is 4.26. The topological polar surface area (TPSA) is 17.8 Å². The van der Waals surface area contributed by atoms with Gasteiger partial charge >= 0.3 is 0 Å². The molecule has 0 aliphatic rings. The molecule has 0 fully saturated rings. The summed E-state index contributed by atoms with van der Waals surface area (Å²) < 4.78 is 1.92. The molecule has 0 aliphatic heterocycles. The molecular formula is C9H14BrClN2. The highest BCUT2D eigenvalue weighted by atomic mass is 79.9. The van der Waals surface area contributed by atoms with Crippen molar-refractivity contribution in [1.82, 2.24) is 9.78 Å². The minimum absolute atomic E-state index is 0.635. The summed E-state index contributed by atoms with van der Waals surface area (Å²) in [6.07, 6.45) is 3.05. The van der Waals surface area contributed by atoms with Crippen LogP contribution in [-0.4, -0.2) is 15.1 Å². The predicted molar refractivity (Wildman–Crippen MR) is 59.5 cm³/mol. The van der Waals surface area contributed by atoms with Crippen LogP contribution in [0.1, 0.15) is 19.0 Å². The maximum Gasteiger partial charge on any atom is 0.0814 e. The molecule has 0 amide bonds. The molecule has 0 aromatic carbocycles. The SMILES string of the molecule is CCC(CBr)Cn1cc(Cl)c(C)n1. The minimum atomic E-state index is 0.635. The first-order valence-electron chi connectivity index (χ1n) is 4.42. The molecule has 1 unspecified atom stereocenters. The van der Waals surface area contributed by atoms with Crippen molar-refractivity contribution in [2.75, 3.05) is 5.33 Å². The third-order valence-corrected chi connectivity index (χ3v) is 3.41. The third kappa shape index (κ3) is 2.99. The Morgan fingerprint density at radius 3 is 2.77 bits per heavy atom. The standard InChI is InChI=1S/C9H14BrClN2/c1-3-8(4-10)5-13-6-9(11)7(2)12-13/h6,8H,3-5H2,1-2H3. The number of rotatable bonds is 4. The molecule has 1 aromatic heterocycles. The van der Waals surface area contributed by atoms with Crippen LogP contribution in [0.15, 0.2) is 6.20 Å². The quantitative estimate of drug-likeness (QED) is 0.764. The lowest BCUT2D eigenvalue weighted by atomic mass is 10.1. The number of hydrogen-bond donors (Lipinski definition) is 0. The van der Waals surface area contributed by atoms with Crippen molar-refractivity contribution < 1.29 is 0 Å². The van der Waals surface area contributed by atoms with Crippen molar-refractivity contribution >= 4 is 27.5 Å². The molecule has 1 aromatic rings. The third-order valence-electron chi connectivity index (χ3n) is 2.13. The number of halogens is 2. The van der Waals surface area contributed by atoms with Gasteiger partial charge in [-0.05, 0) is 12.8 Å². The average Bonchev–Trinajstić information content (AvgIpc) is 2.42. The monoisotopic (exact) mass is 264 g/mol. The fourth-order valence-electron chi connectivity index (χ4n) is 1.14. The van der Waals surface area contributed by atoms with E-state index in [9.17, 15) is 0 Å². The van der Waals surface area contributed by atoms with Crippen molar-refractivity contribution in [3.8, 4) is 0 Å². The highest BCUT2D eigenvalue weighted by Crippen LogP contribution is 2.15. The van der Waals surface area contributed by atoms with E-state index in [1.165, 1.54) is 0 Å². The Balaban J connectivity index is 2.62. The summed E-state index contributed by atoms with van der Waals surface area (Å²) in [7, 11) is 0. The first-order chi connectivity index (χ1) is 6.17. The summed E-state index contributed by atoms with van der Waals surface area (Å²) >= 11 is 9.39. The van der Waals surface area contributed by atoms with Gasteiger partial charge in [-0.25, -0.2) is 0 Å². The van der Waals surface area contributed by atoms with Crippen LogP contribution in [0.3, 0.4) is 0 Å². The van der Waals surface area contributed by atoms with E-state index in [1.54, 1.807) is 0 Å². The molecule has 0 aliphatic carbocycles. The molecule has 0 saturated carbocycles. The van der Waals surface area contributed by atoms with Gasteiger partial charge in [0, 0.05) is 18.1 Å². The smallest absolute Gasteiger partial charge is 0.0814 e. The maximum absolute atomic E-state index is 5.90. The molecule has 1 atom stereocenters. The lowest BCUT2D eigenvalue weighted by Crippen LogP contribution is -2.11. The Labute approximate surface area is 92.4 Å². The lowest BCUT2D eigenvalue weighted by Gasteiger charge is -2.10. The van der Waals surface area contributed by atoms with Gasteiger partial charge in [-0.1, -0.05) is 40.9 Å². The molecule has 0 radical (unpaired) electrons. The summed E-state index contributed by atoms with van der Waals surface area (Å²) in [5.41, 5.74) is 0.908. The van der Waals surface area contributed by atoms with Gasteiger partial charge in [0.15, 0.2) is 0 Å². The summed E-state index contributed by atoms with van der Waals surface area (Å²) in [6, 6.07) is 0. The maximum atomic E-state index is 5.90. The van der Waals surface area contributed by atoms with Gasteiger partial charge in [-0.15, -0.1) is 0 Å². The first kappa shape index (κ1) is 11.1. The lowest BCUT2D eigenvalue weighted by molar-refractivity contribution is 0.446. The number of aromatic nitrogens is 2. The zero-order chi connectivity index (χ0) is 9.84. The van der Waals surface area contributed by atoms with Crippen molar-refractivity contribution in [2.45, 2.75) is 26.8 Å². The van der Waals surface area contributed by atoms with Gasteiger partial charge in [0.1, 0.15) is 0 Å². The van der Waals surface area contributed by atoms with Crippen molar-refractivity contribution in [1.29, 1.82) is 0 Å². The highest BCUT2D eigenvalue weighted by Gasteiger charge is 2.07. The Morgan fingerprint density at radius 1 is 1.69 bits per heavy atom. The van der Waals surface area contributed by atoms with Crippen LogP contribution in [0.25, 0.3) is 0 Å². The minimum Gasteiger partial charge on any atom is -0.271 e. The summed E-state index contributed by atoms with van der Waals surface area (Å²) in [5, 5.41) is 6.08. The van der Waals surface area contributed by atoms with Crippen LogP contribution < -0.4 is 0 Å². The van der Waals surface area contributed by atoms with Gasteiger partial charge in [0.05, 0.1) is 10.7 Å². The van der Waals surface area contributed by atoms with Gasteiger partial charge < -0.3 is 0 Å². The van der Waals surface area contributed by atoms with E-state index in [2.05, 4.69) is 28.0 Å². The molecular weight excluding hydrogens is 251 g/mol. The predicted octanol–water partition coefficient (Wildman–Crippen LogP) is 3.27. The first-order valence-corrected chi connectivity index (χ1v) is 5.92. The van der Waals surface area contributed by atoms with E-state index in [0.29, 0.717) is 5.92 Å². The van der Waals surface area contributed by atoms with E-state index in [1.807, 2.05) is 17.8 Å². The van der Waals surface area contributed by atoms with E-state index < -0.39 is 0 Å². The van der Waals surface area contributed by atoms with E-state index in [-0.39, 0.29) is 0 Å². The summed E-state index contributed by atoms with van der Waals surface area (Å²) in [6.45, 7) is 5.05. The van der Waals surface area contributed by atoms with Crippen molar-refractivity contribution in [3.05, 3.63) is 16.9 Å². The normalized spacial score (nSPS) is 13.2. The fourth-order valence-corrected chi connectivity index (χ4v) is 1.95. The Bertz CT molecular complexity index is 249. The summed E-state index contributed by atoms with van der Waals surface area (Å²) in [5.74, 6) is 0.635. The van der Waals surface area contributed by atoms with E-state index >= 15 is 0 Å². The molecule has 0 bridgehead atoms. The molecule has 2 nitrogen and oxygen atoms in total.